The van der Waals surface area contributed by atoms with Gasteiger partial charge in [0.15, 0.2) is 0 Å². The number of nitrogens with one attached hydrogen (secondary N) is 1. The lowest BCUT2D eigenvalue weighted by atomic mass is 10.0. The van der Waals surface area contributed by atoms with Gasteiger partial charge in [0.1, 0.15) is 5.71 Å². The number of tetrazole rings is 1. The van der Waals surface area contributed by atoms with Gasteiger partial charge >= 0.3 is 6.09 Å². The first-order valence-electron chi connectivity index (χ1n) is 8.41. The topological polar surface area (TPSA) is 104 Å². The van der Waals surface area contributed by atoms with Gasteiger partial charge in [-0.25, -0.2) is 10.2 Å². The maximum Gasteiger partial charge on any atom is 0.427 e. The Bertz CT molecular complexity index is 800. The summed E-state index contributed by atoms with van der Waals surface area (Å²) >= 11 is 0. The zero-order valence-corrected chi connectivity index (χ0v) is 14.5. The van der Waals surface area contributed by atoms with E-state index in [1.807, 2.05) is 30.3 Å². The molecule has 9 heteroatoms. The third-order valence-electron chi connectivity index (χ3n) is 3.69. The highest BCUT2D eigenvalue weighted by atomic mass is 16.5. The third kappa shape index (κ3) is 4.44. The number of ether oxygens (including phenoxy) is 2. The van der Waals surface area contributed by atoms with Crippen molar-refractivity contribution in [1.29, 1.82) is 0 Å². The van der Waals surface area contributed by atoms with Crippen molar-refractivity contribution in [2.24, 2.45) is 5.10 Å². The second-order valence-corrected chi connectivity index (χ2v) is 5.57. The fourth-order valence-corrected chi connectivity index (χ4v) is 2.52. The van der Waals surface area contributed by atoms with Crippen LogP contribution >= 0.6 is 0 Å². The van der Waals surface area contributed by atoms with Crippen LogP contribution in [0.3, 0.4) is 0 Å². The molecule has 0 fully saturated rings. The fourth-order valence-electron chi connectivity index (χ4n) is 2.52. The van der Waals surface area contributed by atoms with E-state index in [4.69, 9.17) is 9.47 Å². The van der Waals surface area contributed by atoms with E-state index in [1.54, 1.807) is 17.9 Å². The highest BCUT2D eigenvalue weighted by molar-refractivity contribution is 5.99. The fraction of sp³-hybridized carbons (Fsp3) is 0.353. The molecule has 0 unspecified atom stereocenters. The molecular formula is C17H20N6O3. The number of carbonyl (C=O) groups is 1. The summed E-state index contributed by atoms with van der Waals surface area (Å²) in [6.45, 7) is 2.70. The van der Waals surface area contributed by atoms with E-state index in [-0.39, 0.29) is 6.61 Å². The molecule has 136 valence electrons. The van der Waals surface area contributed by atoms with Crippen LogP contribution in [-0.2, 0) is 9.47 Å². The first kappa shape index (κ1) is 17.6. The van der Waals surface area contributed by atoms with Crippen LogP contribution in [0, 0.1) is 0 Å². The number of benzene rings is 1. The number of allylic oxidation sites excluding steroid dienone is 1. The Morgan fingerprint density at radius 2 is 2.23 bits per heavy atom. The molecule has 1 aromatic carbocycles. The van der Waals surface area contributed by atoms with Crippen LogP contribution in [0.25, 0.3) is 5.69 Å². The van der Waals surface area contributed by atoms with Crippen LogP contribution in [0.2, 0.25) is 0 Å². The highest BCUT2D eigenvalue weighted by Gasteiger charge is 2.18. The van der Waals surface area contributed by atoms with Gasteiger partial charge in [-0.2, -0.15) is 9.78 Å². The molecule has 1 N–H and O–H groups in total. The molecule has 0 saturated carbocycles. The normalized spacial score (nSPS) is 14.3. The Kier molecular flexibility index (Phi) is 5.92. The largest absolute Gasteiger partial charge is 0.501 e. The monoisotopic (exact) mass is 356 g/mol. The quantitative estimate of drug-likeness (QED) is 0.628. The smallest absolute Gasteiger partial charge is 0.427 e. The number of rotatable bonds is 6. The molecule has 0 saturated heterocycles. The van der Waals surface area contributed by atoms with Crippen LogP contribution in [-0.4, -0.2) is 45.2 Å². The highest BCUT2D eigenvalue weighted by Crippen LogP contribution is 2.19. The van der Waals surface area contributed by atoms with Gasteiger partial charge in [-0.3, -0.25) is 0 Å². The number of amides is 1. The zero-order chi connectivity index (χ0) is 18.2. The van der Waals surface area contributed by atoms with Crippen molar-refractivity contribution in [3.8, 4) is 5.69 Å². The Morgan fingerprint density at radius 3 is 2.96 bits per heavy atom. The second-order valence-electron chi connectivity index (χ2n) is 5.57. The summed E-state index contributed by atoms with van der Waals surface area (Å²) < 4.78 is 11.8. The van der Waals surface area contributed by atoms with Gasteiger partial charge < -0.3 is 9.47 Å². The van der Waals surface area contributed by atoms with Crippen molar-refractivity contribution in [1.82, 2.24) is 25.6 Å². The van der Waals surface area contributed by atoms with Crippen molar-refractivity contribution in [3.63, 3.8) is 0 Å². The Hall–Kier alpha value is -3.23. The SMILES string of the molecule is CCOC(=O)N/N=C(\CC1=COCCC1)c1nnnn1-c1ccccc1. The minimum Gasteiger partial charge on any atom is -0.501 e. The number of hydrogen-bond donors (Lipinski definition) is 1. The van der Waals surface area contributed by atoms with Crippen LogP contribution in [0.15, 0.2) is 47.3 Å². The van der Waals surface area contributed by atoms with E-state index >= 15 is 0 Å². The molecule has 1 aromatic heterocycles. The first-order valence-corrected chi connectivity index (χ1v) is 8.41. The second kappa shape index (κ2) is 8.75. The Balaban J connectivity index is 1.90. The molecule has 26 heavy (non-hydrogen) atoms. The number of nitrogens with zero attached hydrogens (tertiary/aromatic N) is 5. The Morgan fingerprint density at radius 1 is 1.38 bits per heavy atom. The molecule has 0 atom stereocenters. The summed E-state index contributed by atoms with van der Waals surface area (Å²) in [4.78, 5) is 11.6. The first-order chi connectivity index (χ1) is 12.8. The van der Waals surface area contributed by atoms with Crippen molar-refractivity contribution in [2.75, 3.05) is 13.2 Å². The minimum atomic E-state index is -0.627. The van der Waals surface area contributed by atoms with Crippen LogP contribution in [0.4, 0.5) is 4.79 Å². The molecule has 1 aliphatic heterocycles. The molecular weight excluding hydrogens is 336 g/mol. The van der Waals surface area contributed by atoms with Gasteiger partial charge in [-0.15, -0.1) is 5.10 Å². The lowest BCUT2D eigenvalue weighted by Crippen LogP contribution is -2.23. The van der Waals surface area contributed by atoms with Crippen LogP contribution < -0.4 is 5.43 Å². The summed E-state index contributed by atoms with van der Waals surface area (Å²) in [5, 5.41) is 16.1. The summed E-state index contributed by atoms with van der Waals surface area (Å²) in [6.07, 6.45) is 3.40. The van der Waals surface area contributed by atoms with E-state index in [1.165, 1.54) is 0 Å². The molecule has 1 aliphatic rings. The van der Waals surface area contributed by atoms with E-state index in [0.717, 1.165) is 24.1 Å². The predicted octanol–water partition coefficient (Wildman–Crippen LogP) is 2.20. The maximum absolute atomic E-state index is 11.6. The van der Waals surface area contributed by atoms with Gasteiger partial charge in [-0.05, 0) is 47.9 Å². The number of aromatic nitrogens is 4. The number of carbonyl (C=O) groups excluding carboxylic acids is 1. The number of para-hydroxylation sites is 1. The maximum atomic E-state index is 11.6. The molecule has 2 heterocycles. The molecule has 9 nitrogen and oxygen atoms in total. The molecule has 0 bridgehead atoms. The molecule has 0 aliphatic carbocycles. The summed E-state index contributed by atoms with van der Waals surface area (Å²) in [5.41, 5.74) is 4.76. The van der Waals surface area contributed by atoms with Gasteiger partial charge in [0.25, 0.3) is 0 Å². The van der Waals surface area contributed by atoms with Crippen molar-refractivity contribution >= 4 is 11.8 Å². The van der Waals surface area contributed by atoms with Crippen molar-refractivity contribution in [2.45, 2.75) is 26.2 Å². The van der Waals surface area contributed by atoms with Crippen LogP contribution in [0.5, 0.6) is 0 Å². The van der Waals surface area contributed by atoms with E-state index in [9.17, 15) is 4.79 Å². The summed E-state index contributed by atoms with van der Waals surface area (Å²) in [7, 11) is 0. The molecule has 1 amide bonds. The lowest BCUT2D eigenvalue weighted by Gasteiger charge is -2.14. The third-order valence-corrected chi connectivity index (χ3v) is 3.69. The molecule has 2 aromatic rings. The summed E-state index contributed by atoms with van der Waals surface area (Å²) in [6, 6.07) is 9.48. The number of hydrogen-bond acceptors (Lipinski definition) is 7. The average molecular weight is 356 g/mol. The standard InChI is InChI=1S/C17H20N6O3/c1-2-26-17(24)20-18-15(11-13-7-6-10-25-12-13)16-19-21-22-23(16)14-8-4-3-5-9-14/h3-5,8-9,12H,2,6-7,10-11H2,1H3,(H,20,24)/b18-15+. The van der Waals surface area contributed by atoms with Gasteiger partial charge in [0.2, 0.25) is 5.82 Å². The van der Waals surface area contributed by atoms with Crippen molar-refractivity contribution < 1.29 is 14.3 Å². The predicted molar refractivity (Wildman–Crippen MR) is 93.7 cm³/mol. The van der Waals surface area contributed by atoms with Crippen molar-refractivity contribution in [3.05, 3.63) is 48.0 Å². The molecule has 0 radical (unpaired) electrons. The van der Waals surface area contributed by atoms with Gasteiger partial charge in [0, 0.05) is 6.42 Å². The zero-order valence-electron chi connectivity index (χ0n) is 14.5. The lowest BCUT2D eigenvalue weighted by molar-refractivity contribution is 0.152. The van der Waals surface area contributed by atoms with E-state index in [0.29, 0.717) is 24.6 Å². The minimum absolute atomic E-state index is 0.261. The van der Waals surface area contributed by atoms with Gasteiger partial charge in [-0.1, -0.05) is 18.2 Å². The van der Waals surface area contributed by atoms with E-state index in [2.05, 4.69) is 26.1 Å². The van der Waals surface area contributed by atoms with Crippen LogP contribution in [0.1, 0.15) is 32.0 Å². The number of hydrazone groups is 1. The summed E-state index contributed by atoms with van der Waals surface area (Å²) in [5.74, 6) is 0.444. The van der Waals surface area contributed by atoms with Gasteiger partial charge in [0.05, 0.1) is 25.2 Å². The molecule has 3 rings (SSSR count). The molecule has 0 spiro atoms. The average Bonchev–Trinajstić information content (AvgIpc) is 3.16. The van der Waals surface area contributed by atoms with E-state index < -0.39 is 6.09 Å². The Labute approximate surface area is 150 Å².